The Kier molecular flexibility index (Phi) is 12.3. The second-order valence-electron chi connectivity index (χ2n) is 13.0. The normalized spacial score (nSPS) is 29.0. The van der Waals surface area contributed by atoms with Crippen LogP contribution < -0.4 is 0 Å². The fourth-order valence-electron chi connectivity index (χ4n) is 6.57. The van der Waals surface area contributed by atoms with E-state index in [1.807, 2.05) is 58.0 Å². The number of fused-ring (bicyclic) bond motifs is 2. The topological polar surface area (TPSA) is 203 Å². The average Bonchev–Trinajstić information content (AvgIpc) is 3.31. The molecule has 0 aliphatic carbocycles. The summed E-state index contributed by atoms with van der Waals surface area (Å²) in [5, 5.41) is 41.9. The lowest BCUT2D eigenvalue weighted by molar-refractivity contribution is -0.365. The molecular formula is C35H46O13. The third-order valence-corrected chi connectivity index (χ3v) is 9.17. The van der Waals surface area contributed by atoms with Crippen LogP contribution in [-0.2, 0) is 49.3 Å². The predicted octanol–water partition coefficient (Wildman–Crippen LogP) is 3.91. The molecule has 2 aliphatic heterocycles. The number of aliphatic hydroxyl groups is 1. The van der Waals surface area contributed by atoms with Gasteiger partial charge in [0.25, 0.3) is 0 Å². The van der Waals surface area contributed by atoms with Gasteiger partial charge in [-0.3, -0.25) is 4.79 Å². The minimum Gasteiger partial charge on any atom is -0.479 e. The molecule has 4 N–H and O–H groups in total. The third kappa shape index (κ3) is 7.96. The number of ether oxygens (including phenoxy) is 4. The van der Waals surface area contributed by atoms with Gasteiger partial charge in [0.1, 0.15) is 6.10 Å². The van der Waals surface area contributed by atoms with Crippen LogP contribution in [-0.4, -0.2) is 85.6 Å². The molecule has 3 rings (SSSR count). The number of carboxylic acid groups (broad SMARTS) is 3. The van der Waals surface area contributed by atoms with Gasteiger partial charge in [-0.2, -0.15) is 0 Å². The largest absolute Gasteiger partial charge is 0.479 e. The molecule has 0 saturated carbocycles. The zero-order valence-corrected chi connectivity index (χ0v) is 27.9. The number of rotatable bonds is 17. The highest BCUT2D eigenvalue weighted by Crippen LogP contribution is 2.55. The van der Waals surface area contributed by atoms with Crippen LogP contribution in [0.3, 0.4) is 0 Å². The van der Waals surface area contributed by atoms with Crippen LogP contribution >= 0.6 is 0 Å². The van der Waals surface area contributed by atoms with Gasteiger partial charge >= 0.3 is 29.8 Å². The summed E-state index contributed by atoms with van der Waals surface area (Å²) in [6.45, 7) is 13.1. The molecule has 264 valence electrons. The van der Waals surface area contributed by atoms with E-state index in [1.54, 1.807) is 6.08 Å². The van der Waals surface area contributed by atoms with Crippen molar-refractivity contribution in [1.82, 2.24) is 0 Å². The molecule has 1 aromatic rings. The van der Waals surface area contributed by atoms with E-state index < -0.39 is 71.6 Å². The lowest BCUT2D eigenvalue weighted by Crippen LogP contribution is -2.78. The first-order valence-corrected chi connectivity index (χ1v) is 16.0. The van der Waals surface area contributed by atoms with Crippen LogP contribution in [0.4, 0.5) is 0 Å². The number of esters is 2. The summed E-state index contributed by atoms with van der Waals surface area (Å²) >= 11 is 0. The van der Waals surface area contributed by atoms with Crippen molar-refractivity contribution in [2.75, 3.05) is 0 Å². The van der Waals surface area contributed by atoms with E-state index in [0.717, 1.165) is 24.5 Å². The Bertz CT molecular complexity index is 1410. The van der Waals surface area contributed by atoms with Gasteiger partial charge in [0.2, 0.25) is 17.3 Å². The first-order chi connectivity index (χ1) is 22.4. The summed E-state index contributed by atoms with van der Waals surface area (Å²) in [5.74, 6) is -10.0. The molecule has 13 heteroatoms. The monoisotopic (exact) mass is 674 g/mol. The molecule has 0 unspecified atom stereocenters. The fraction of sp³-hybridized carbons (Fsp3) is 0.571. The van der Waals surface area contributed by atoms with Crippen molar-refractivity contribution in [3.63, 3.8) is 0 Å². The minimum atomic E-state index is -3.72. The zero-order valence-electron chi connectivity index (χ0n) is 27.9. The van der Waals surface area contributed by atoms with Crippen LogP contribution in [0.1, 0.15) is 72.3 Å². The molecule has 0 spiro atoms. The number of aliphatic carboxylic acids is 3. The smallest absolute Gasteiger partial charge is 0.343 e. The predicted molar refractivity (Wildman–Crippen MR) is 169 cm³/mol. The number of benzene rings is 1. The molecule has 2 bridgehead atoms. The van der Waals surface area contributed by atoms with E-state index in [0.29, 0.717) is 17.9 Å². The van der Waals surface area contributed by atoms with Crippen LogP contribution in [0.5, 0.6) is 0 Å². The van der Waals surface area contributed by atoms with Gasteiger partial charge in [-0.25, -0.2) is 19.2 Å². The second-order valence-corrected chi connectivity index (χ2v) is 13.0. The summed E-state index contributed by atoms with van der Waals surface area (Å²) in [6.07, 6.45) is -1.64. The van der Waals surface area contributed by atoms with Crippen molar-refractivity contribution in [3.05, 3.63) is 60.2 Å². The molecular weight excluding hydrogens is 628 g/mol. The lowest BCUT2D eigenvalue weighted by atomic mass is 9.75. The lowest BCUT2D eigenvalue weighted by Gasteiger charge is -2.49. The number of carbonyl (C=O) groups is 5. The molecule has 48 heavy (non-hydrogen) atoms. The Hall–Kier alpha value is -4.07. The van der Waals surface area contributed by atoms with Crippen LogP contribution in [0, 0.1) is 17.8 Å². The van der Waals surface area contributed by atoms with Gasteiger partial charge < -0.3 is 39.4 Å². The number of hydrogen-bond acceptors (Lipinski definition) is 10. The maximum atomic E-state index is 13.0. The Labute approximate surface area is 279 Å². The summed E-state index contributed by atoms with van der Waals surface area (Å²) in [5.41, 5.74) is -5.66. The summed E-state index contributed by atoms with van der Waals surface area (Å²) in [7, 11) is 0. The molecule has 13 nitrogen and oxygen atoms in total. The van der Waals surface area contributed by atoms with Gasteiger partial charge in [-0.15, -0.1) is 0 Å². The van der Waals surface area contributed by atoms with Crippen LogP contribution in [0.2, 0.25) is 0 Å². The van der Waals surface area contributed by atoms with Gasteiger partial charge in [0.05, 0.1) is 0 Å². The maximum absolute atomic E-state index is 13.0. The highest BCUT2D eigenvalue weighted by molar-refractivity contribution is 5.98. The number of allylic oxidation sites excluding steroid dienone is 1. The van der Waals surface area contributed by atoms with Crippen molar-refractivity contribution < 1.29 is 63.3 Å². The molecule has 1 aromatic carbocycles. The third-order valence-electron chi connectivity index (χ3n) is 9.17. The number of carbonyl (C=O) groups excluding carboxylic acids is 2. The quantitative estimate of drug-likeness (QED) is 0.105. The van der Waals surface area contributed by atoms with E-state index in [2.05, 4.69) is 6.58 Å². The Morgan fingerprint density at radius 3 is 2.25 bits per heavy atom. The van der Waals surface area contributed by atoms with E-state index in [9.17, 15) is 44.4 Å². The van der Waals surface area contributed by atoms with Gasteiger partial charge in [0.15, 0.2) is 11.9 Å². The number of carboxylic acids is 3. The molecule has 2 fully saturated rings. The highest BCUT2D eigenvalue weighted by Gasteiger charge is 2.83. The van der Waals surface area contributed by atoms with Crippen LogP contribution in [0.25, 0.3) is 0 Å². The van der Waals surface area contributed by atoms with E-state index in [1.165, 1.54) is 6.92 Å². The van der Waals surface area contributed by atoms with Crippen molar-refractivity contribution in [1.29, 1.82) is 0 Å². The van der Waals surface area contributed by atoms with Crippen LogP contribution in [0.15, 0.2) is 54.6 Å². The summed E-state index contributed by atoms with van der Waals surface area (Å²) in [6, 6.07) is 9.43. The summed E-state index contributed by atoms with van der Waals surface area (Å²) < 4.78 is 22.5. The standard InChI is InChI=1S/C35H46O13/c1-7-20(2)17-21(3)13-14-27(37)46-26-19-33(47-29(30(38)39)34(44,31(40)41)35(26,48-33)32(42)43)16-15-22(4)28(45-24(6)36)23(5)18-25-11-9-8-10-12-25/h8-14,20-21,23,26,28-29,44H,4,7,15-19H2,1-3,5-6H3,(H,38,39)(H,40,41)(H,42,43)/b14-13+/t20-,21+,23+,26+,28+,29+,33+,34+,35+/m0/s1. The average molecular weight is 675 g/mol. The fourth-order valence-corrected chi connectivity index (χ4v) is 6.57. The molecule has 2 aliphatic rings. The van der Waals surface area contributed by atoms with Crippen molar-refractivity contribution in [2.24, 2.45) is 17.8 Å². The molecule has 0 aromatic heterocycles. The van der Waals surface area contributed by atoms with Crippen molar-refractivity contribution in [3.8, 4) is 0 Å². The number of hydrogen-bond donors (Lipinski definition) is 4. The SMILES string of the molecule is C=C(CC[C@]12C[C@@H](OC(=O)/C=C/[C@@H](C)C[C@@H](C)CC)[C@](C(=O)O)(O1)[C@](O)(C(=O)O)[C@@H](C(=O)O)O2)[C@@H](OC(C)=O)[C@H](C)Cc1ccccc1. The summed E-state index contributed by atoms with van der Waals surface area (Å²) in [4.78, 5) is 62.8. The maximum Gasteiger partial charge on any atom is 0.343 e. The Morgan fingerprint density at radius 1 is 1.06 bits per heavy atom. The minimum absolute atomic E-state index is 0.0533. The van der Waals surface area contributed by atoms with Gasteiger partial charge in [-0.05, 0) is 42.2 Å². The Morgan fingerprint density at radius 2 is 1.71 bits per heavy atom. The first-order valence-electron chi connectivity index (χ1n) is 16.0. The highest BCUT2D eigenvalue weighted by atomic mass is 16.8. The van der Waals surface area contributed by atoms with E-state index in [4.69, 9.17) is 18.9 Å². The van der Waals surface area contributed by atoms with E-state index >= 15 is 0 Å². The van der Waals surface area contributed by atoms with E-state index in [-0.39, 0.29) is 24.7 Å². The molecule has 9 atom stereocenters. The zero-order chi connectivity index (χ0) is 36.0. The van der Waals surface area contributed by atoms with Gasteiger partial charge in [0, 0.05) is 31.8 Å². The first kappa shape index (κ1) is 38.4. The van der Waals surface area contributed by atoms with Crippen molar-refractivity contribution >= 4 is 29.8 Å². The van der Waals surface area contributed by atoms with Gasteiger partial charge in [-0.1, -0.05) is 77.1 Å². The molecule has 0 radical (unpaired) electrons. The molecule has 0 amide bonds. The molecule has 2 heterocycles. The second kappa shape index (κ2) is 15.4. The van der Waals surface area contributed by atoms with Crippen molar-refractivity contribution in [2.45, 2.75) is 108 Å². The molecule has 2 saturated heterocycles. The Balaban J connectivity index is 1.96.